The van der Waals surface area contributed by atoms with Gasteiger partial charge in [-0.2, -0.15) is 0 Å². The lowest BCUT2D eigenvalue weighted by Gasteiger charge is -2.08. The van der Waals surface area contributed by atoms with Crippen molar-refractivity contribution in [2.24, 2.45) is 0 Å². The van der Waals surface area contributed by atoms with Crippen LogP contribution >= 0.6 is 0 Å². The average Bonchev–Trinajstić information content (AvgIpc) is 1.86. The van der Waals surface area contributed by atoms with Gasteiger partial charge in [0.05, 0.1) is 16.1 Å². The first-order chi connectivity index (χ1) is 5.12. The second-order valence-electron chi connectivity index (χ2n) is 5.44. The normalized spacial score (nSPS) is 12.0. The summed E-state index contributed by atoms with van der Waals surface area (Å²) in [5.41, 5.74) is 0. The fourth-order valence-corrected chi connectivity index (χ4v) is 0. The smallest absolute Gasteiger partial charge is 0.0742 e. The molecule has 0 aliphatic heterocycles. The highest BCUT2D eigenvalue weighted by atomic mass is 28.3. The Morgan fingerprint density at radius 3 is 0.750 bits per heavy atom. The van der Waals surface area contributed by atoms with Crippen LogP contribution in [0.1, 0.15) is 0 Å². The zero-order chi connectivity index (χ0) is 10.4. The lowest BCUT2D eigenvalue weighted by Crippen LogP contribution is -2.25. The van der Waals surface area contributed by atoms with E-state index in [-0.39, 0.29) is 0 Å². The summed E-state index contributed by atoms with van der Waals surface area (Å²) in [6.07, 6.45) is 0.819. The quantitative estimate of drug-likeness (QED) is 0.678. The maximum Gasteiger partial charge on any atom is 0.0742 e. The molecule has 0 rings (SSSR count). The van der Waals surface area contributed by atoms with Crippen molar-refractivity contribution < 1.29 is 10.2 Å². The highest BCUT2D eigenvalue weighted by molar-refractivity contribution is 6.76. The van der Waals surface area contributed by atoms with E-state index in [2.05, 4.69) is 39.3 Å². The molecule has 0 radical (unpaired) electrons. The number of aliphatic hydroxyl groups is 2. The van der Waals surface area contributed by atoms with Crippen LogP contribution in [0.5, 0.6) is 0 Å². The molecule has 0 saturated carbocycles. The van der Waals surface area contributed by atoms with Gasteiger partial charge in [-0.25, -0.2) is 0 Å². The summed E-state index contributed by atoms with van der Waals surface area (Å²) in [6, 6.07) is 0. The van der Waals surface area contributed by atoms with Crippen LogP contribution in [0.4, 0.5) is 0 Å². The zero-order valence-electron chi connectivity index (χ0n) is 9.31. The average molecular weight is 208 g/mol. The molecule has 0 unspecified atom stereocenters. The van der Waals surface area contributed by atoms with Crippen LogP contribution in [-0.2, 0) is 0 Å². The van der Waals surface area contributed by atoms with E-state index in [9.17, 15) is 0 Å². The van der Waals surface area contributed by atoms with Crippen molar-refractivity contribution in [3.05, 3.63) is 0 Å². The molecule has 0 aromatic rings. The molecule has 12 heavy (non-hydrogen) atoms. The van der Waals surface area contributed by atoms with Crippen LogP contribution in [0.2, 0.25) is 39.3 Å². The minimum Gasteiger partial charge on any atom is -0.400 e. The summed E-state index contributed by atoms with van der Waals surface area (Å²) in [6.45, 7) is 12.8. The van der Waals surface area contributed by atoms with Gasteiger partial charge in [0.1, 0.15) is 0 Å². The fraction of sp³-hybridized carbons (Fsp3) is 1.00. The highest BCUT2D eigenvalue weighted by Crippen LogP contribution is 1.95. The largest absolute Gasteiger partial charge is 0.400 e. The predicted molar refractivity (Wildman–Crippen MR) is 60.9 cm³/mol. The monoisotopic (exact) mass is 208 g/mol. The lowest BCUT2D eigenvalue weighted by molar-refractivity contribution is 0.359. The van der Waals surface area contributed by atoms with Crippen LogP contribution in [0.3, 0.4) is 0 Å². The number of hydrogen-bond acceptors (Lipinski definition) is 2. The van der Waals surface area contributed by atoms with E-state index in [4.69, 9.17) is 10.2 Å². The third-order valence-corrected chi connectivity index (χ3v) is 2.85. The van der Waals surface area contributed by atoms with Crippen LogP contribution in [0, 0.1) is 0 Å². The van der Waals surface area contributed by atoms with Gasteiger partial charge in [-0.1, -0.05) is 39.3 Å². The molecule has 2 nitrogen and oxygen atoms in total. The summed E-state index contributed by atoms with van der Waals surface area (Å²) in [5.74, 6) is 0. The molecule has 0 aliphatic carbocycles. The van der Waals surface area contributed by atoms with Crippen molar-refractivity contribution in [1.29, 1.82) is 0 Å². The summed E-state index contributed by atoms with van der Waals surface area (Å²) in [7, 11) is -2.15. The van der Waals surface area contributed by atoms with Gasteiger partial charge in [-0.05, 0) is 0 Å². The molecule has 0 heterocycles. The first kappa shape index (κ1) is 14.9. The van der Waals surface area contributed by atoms with Crippen molar-refractivity contribution in [3.63, 3.8) is 0 Å². The Morgan fingerprint density at radius 2 is 0.750 bits per heavy atom. The van der Waals surface area contributed by atoms with Gasteiger partial charge in [0.15, 0.2) is 0 Å². The number of rotatable bonds is 2. The molecule has 0 aliphatic rings. The van der Waals surface area contributed by atoms with E-state index in [1.165, 1.54) is 0 Å². The molecule has 76 valence electrons. The molecule has 0 saturated heterocycles. The molecule has 0 bridgehead atoms. The van der Waals surface area contributed by atoms with Gasteiger partial charge in [-0.15, -0.1) is 0 Å². The molecule has 4 heteroatoms. The Kier molecular flexibility index (Phi) is 7.31. The van der Waals surface area contributed by atoms with E-state index < -0.39 is 16.1 Å². The van der Waals surface area contributed by atoms with Crippen molar-refractivity contribution in [3.8, 4) is 0 Å². The minimum atomic E-state index is -1.08. The van der Waals surface area contributed by atoms with Crippen LogP contribution < -0.4 is 0 Å². The lowest BCUT2D eigenvalue weighted by atomic mass is 11.7. The van der Waals surface area contributed by atoms with Crippen molar-refractivity contribution >= 4 is 16.1 Å². The highest BCUT2D eigenvalue weighted by Gasteiger charge is 2.09. The second-order valence-corrected chi connectivity index (χ2v) is 16.3. The van der Waals surface area contributed by atoms with Crippen LogP contribution in [0.15, 0.2) is 0 Å². The molecule has 0 atom stereocenters. The van der Waals surface area contributed by atoms with Gasteiger partial charge in [0.2, 0.25) is 0 Å². The Hall–Kier alpha value is 0.354. The fourth-order valence-electron chi connectivity index (χ4n) is 0. The van der Waals surface area contributed by atoms with E-state index in [0.717, 1.165) is 0 Å². The maximum absolute atomic E-state index is 8.46. The second kappa shape index (κ2) is 5.91. The maximum atomic E-state index is 8.46. The molecule has 2 N–H and O–H groups in total. The van der Waals surface area contributed by atoms with E-state index in [1.54, 1.807) is 0 Å². The predicted octanol–water partition coefficient (Wildman–Crippen LogP) is 1.71. The Bertz CT molecular complexity index is 88.6. The standard InChI is InChI=1S/2C4H12OSi/c2*1-6(2,3)4-5/h2*5H,4H2,1-3H3. The van der Waals surface area contributed by atoms with Gasteiger partial charge in [-0.3, -0.25) is 0 Å². The Morgan fingerprint density at radius 1 is 0.667 bits per heavy atom. The van der Waals surface area contributed by atoms with Crippen molar-refractivity contribution in [1.82, 2.24) is 0 Å². The minimum absolute atomic E-state index is 0.410. The van der Waals surface area contributed by atoms with Crippen LogP contribution in [-0.4, -0.2) is 38.8 Å². The molecular weight excluding hydrogens is 184 g/mol. The molecule has 0 fully saturated rings. The van der Waals surface area contributed by atoms with Gasteiger partial charge in [0.25, 0.3) is 0 Å². The Balaban J connectivity index is 0. The van der Waals surface area contributed by atoms with Gasteiger partial charge < -0.3 is 10.2 Å². The van der Waals surface area contributed by atoms with Gasteiger partial charge in [0, 0.05) is 12.5 Å². The molecule has 0 spiro atoms. The van der Waals surface area contributed by atoms with Crippen LogP contribution in [0.25, 0.3) is 0 Å². The third-order valence-electron chi connectivity index (χ3n) is 0.949. The van der Waals surface area contributed by atoms with E-state index in [1.807, 2.05) is 0 Å². The summed E-state index contributed by atoms with van der Waals surface area (Å²) >= 11 is 0. The zero-order valence-corrected chi connectivity index (χ0v) is 11.3. The summed E-state index contributed by atoms with van der Waals surface area (Å²) in [4.78, 5) is 0. The molecule has 0 aromatic heterocycles. The first-order valence-corrected chi connectivity index (χ1v) is 11.8. The number of hydrogen-bond donors (Lipinski definition) is 2. The van der Waals surface area contributed by atoms with Crippen molar-refractivity contribution in [2.75, 3.05) is 12.5 Å². The van der Waals surface area contributed by atoms with E-state index in [0.29, 0.717) is 12.5 Å². The number of aliphatic hydroxyl groups excluding tert-OH is 2. The molecule has 0 amide bonds. The van der Waals surface area contributed by atoms with E-state index >= 15 is 0 Å². The molecular formula is C8H24O2Si2. The summed E-state index contributed by atoms with van der Waals surface area (Å²) < 4.78 is 0. The van der Waals surface area contributed by atoms with Crippen molar-refractivity contribution in [2.45, 2.75) is 39.3 Å². The SMILES string of the molecule is C[Si](C)(C)CO.C[Si](C)(C)CO. The Labute approximate surface area is 78.7 Å². The summed E-state index contributed by atoms with van der Waals surface area (Å²) in [5, 5.41) is 16.9. The first-order valence-electron chi connectivity index (χ1n) is 4.34. The topological polar surface area (TPSA) is 40.5 Å². The van der Waals surface area contributed by atoms with Gasteiger partial charge >= 0.3 is 0 Å². The molecule has 0 aromatic carbocycles. The third kappa shape index (κ3) is 22.4.